The van der Waals surface area contributed by atoms with Gasteiger partial charge in [0.15, 0.2) is 11.2 Å². The molecule has 1 N–H and O–H groups in total. The fourth-order valence-electron chi connectivity index (χ4n) is 3.35. The fraction of sp³-hybridized carbons (Fsp3) is 0.304. The fourth-order valence-corrected chi connectivity index (χ4v) is 3.35. The number of hydrogen-bond donors (Lipinski definition) is 1. The van der Waals surface area contributed by atoms with Crippen LogP contribution in [-0.2, 0) is 0 Å². The Kier molecular flexibility index (Phi) is 7.65. The van der Waals surface area contributed by atoms with Crippen molar-refractivity contribution in [2.75, 3.05) is 27.7 Å². The molecule has 0 fully saturated rings. The van der Waals surface area contributed by atoms with Gasteiger partial charge in [-0.25, -0.2) is 0 Å². The molecule has 0 saturated heterocycles. The van der Waals surface area contributed by atoms with Gasteiger partial charge < -0.3 is 19.4 Å². The van der Waals surface area contributed by atoms with E-state index in [2.05, 4.69) is 5.32 Å². The highest BCUT2D eigenvalue weighted by molar-refractivity contribution is 5.93. The van der Waals surface area contributed by atoms with Crippen molar-refractivity contribution in [3.8, 4) is 5.75 Å². The Morgan fingerprint density at radius 1 is 1.17 bits per heavy atom. The van der Waals surface area contributed by atoms with Crippen molar-refractivity contribution in [1.82, 2.24) is 10.2 Å². The third-order valence-corrected chi connectivity index (χ3v) is 5.22. The second-order valence-electron chi connectivity index (χ2n) is 7.29. The van der Waals surface area contributed by atoms with Crippen molar-refractivity contribution in [2.24, 2.45) is 0 Å². The van der Waals surface area contributed by atoms with Crippen LogP contribution < -0.4 is 15.5 Å². The zero-order valence-electron chi connectivity index (χ0n) is 17.8. The molecule has 0 bridgehead atoms. The van der Waals surface area contributed by atoms with E-state index in [1.54, 1.807) is 13.2 Å². The van der Waals surface area contributed by atoms with Gasteiger partial charge in [0, 0.05) is 18.2 Å². The molecule has 0 aliphatic carbocycles. The Balaban J connectivity index is 0.00000320. The van der Waals surface area contributed by atoms with E-state index in [0.717, 1.165) is 22.4 Å². The van der Waals surface area contributed by atoms with Crippen LogP contribution >= 0.6 is 12.4 Å². The molecule has 0 aliphatic rings. The van der Waals surface area contributed by atoms with Gasteiger partial charge in [-0.3, -0.25) is 9.59 Å². The summed E-state index contributed by atoms with van der Waals surface area (Å²) >= 11 is 0. The minimum atomic E-state index is -0.424. The Labute approximate surface area is 182 Å². The normalized spacial score (nSPS) is 11.8. The largest absolute Gasteiger partial charge is 0.496 e. The van der Waals surface area contributed by atoms with Crippen LogP contribution in [0.4, 0.5) is 0 Å². The Hall–Kier alpha value is -2.83. The number of carbonyl (C=O) groups is 1. The van der Waals surface area contributed by atoms with Crippen LogP contribution in [-0.4, -0.2) is 38.6 Å². The molecule has 3 aromatic rings. The Bertz CT molecular complexity index is 1110. The van der Waals surface area contributed by atoms with Gasteiger partial charge in [0.2, 0.25) is 0 Å². The zero-order chi connectivity index (χ0) is 21.1. The maximum absolute atomic E-state index is 12.8. The summed E-state index contributed by atoms with van der Waals surface area (Å²) in [6.45, 7) is 4.16. The van der Waals surface area contributed by atoms with Crippen molar-refractivity contribution in [3.05, 3.63) is 75.1 Å². The molecule has 0 aliphatic heterocycles. The number of rotatable bonds is 6. The molecular weight excluding hydrogens is 404 g/mol. The number of ether oxygens (including phenoxy) is 1. The molecule has 1 amide bonds. The summed E-state index contributed by atoms with van der Waals surface area (Å²) in [5.74, 6) is 0.337. The first-order valence-electron chi connectivity index (χ1n) is 9.45. The van der Waals surface area contributed by atoms with Gasteiger partial charge >= 0.3 is 0 Å². The second kappa shape index (κ2) is 9.78. The number of hydrogen-bond acceptors (Lipinski definition) is 5. The lowest BCUT2D eigenvalue weighted by Gasteiger charge is -2.26. The number of likely N-dealkylation sites (N-methyl/N-ethyl adjacent to an activating group) is 1. The summed E-state index contributed by atoms with van der Waals surface area (Å²) < 4.78 is 11.3. The minimum Gasteiger partial charge on any atom is -0.496 e. The molecule has 1 atom stereocenters. The van der Waals surface area contributed by atoms with Gasteiger partial charge in [-0.1, -0.05) is 24.3 Å². The van der Waals surface area contributed by atoms with Gasteiger partial charge in [0.05, 0.1) is 18.5 Å². The Morgan fingerprint density at radius 3 is 2.53 bits per heavy atom. The molecule has 0 saturated carbocycles. The number of fused-ring (bicyclic) bond motifs is 1. The van der Waals surface area contributed by atoms with Gasteiger partial charge in [0.1, 0.15) is 11.3 Å². The number of halogens is 1. The summed E-state index contributed by atoms with van der Waals surface area (Å²) in [5, 5.41) is 3.36. The topological polar surface area (TPSA) is 71.8 Å². The Morgan fingerprint density at radius 2 is 1.87 bits per heavy atom. The molecule has 30 heavy (non-hydrogen) atoms. The molecular formula is C23H27ClN2O4. The molecule has 2 aromatic carbocycles. The summed E-state index contributed by atoms with van der Waals surface area (Å²) in [5.41, 5.74) is 3.05. The molecule has 1 heterocycles. The molecule has 160 valence electrons. The van der Waals surface area contributed by atoms with Gasteiger partial charge in [-0.2, -0.15) is 0 Å². The van der Waals surface area contributed by atoms with Crippen LogP contribution in [0, 0.1) is 13.8 Å². The van der Waals surface area contributed by atoms with Crippen molar-refractivity contribution in [1.29, 1.82) is 0 Å². The number of amides is 1. The first-order valence-corrected chi connectivity index (χ1v) is 9.45. The van der Waals surface area contributed by atoms with E-state index >= 15 is 0 Å². The maximum Gasteiger partial charge on any atom is 0.287 e. The third-order valence-electron chi connectivity index (χ3n) is 5.22. The van der Waals surface area contributed by atoms with Crippen molar-refractivity contribution < 1.29 is 13.9 Å². The van der Waals surface area contributed by atoms with Gasteiger partial charge in [-0.05, 0) is 51.2 Å². The monoisotopic (exact) mass is 430 g/mol. The van der Waals surface area contributed by atoms with Crippen LogP contribution in [0.25, 0.3) is 11.0 Å². The standard InChI is InChI=1S/C23H26N2O4.ClH/c1-14-10-11-17-19(26)12-21(29-22(17)15(14)2)23(27)24-13-18(25(3)4)16-8-6-7-9-20(16)28-5;/h6-12,18H,13H2,1-5H3,(H,24,27);1H. The van der Waals surface area contributed by atoms with Gasteiger partial charge in [0.25, 0.3) is 5.91 Å². The average Bonchev–Trinajstić information content (AvgIpc) is 2.71. The number of nitrogens with zero attached hydrogens (tertiary/aromatic N) is 1. The van der Waals surface area contributed by atoms with E-state index in [4.69, 9.17) is 9.15 Å². The van der Waals surface area contributed by atoms with E-state index in [-0.39, 0.29) is 29.6 Å². The molecule has 0 spiro atoms. The molecule has 7 heteroatoms. The number of para-hydroxylation sites is 1. The molecule has 0 radical (unpaired) electrons. The predicted octanol–water partition coefficient (Wildman–Crippen LogP) is 3.87. The molecule has 3 rings (SSSR count). The molecule has 6 nitrogen and oxygen atoms in total. The number of carbonyl (C=O) groups excluding carboxylic acids is 1. The van der Waals surface area contributed by atoms with Crippen LogP contribution in [0.2, 0.25) is 0 Å². The highest BCUT2D eigenvalue weighted by Crippen LogP contribution is 2.27. The van der Waals surface area contributed by atoms with E-state index in [1.165, 1.54) is 6.07 Å². The smallest absolute Gasteiger partial charge is 0.287 e. The van der Waals surface area contributed by atoms with Crippen LogP contribution in [0.3, 0.4) is 0 Å². The van der Waals surface area contributed by atoms with E-state index in [1.807, 2.05) is 63.2 Å². The summed E-state index contributed by atoms with van der Waals surface area (Å²) in [6, 6.07) is 12.5. The number of benzene rings is 2. The summed E-state index contributed by atoms with van der Waals surface area (Å²) in [7, 11) is 5.50. The first kappa shape index (κ1) is 23.4. The first-order chi connectivity index (χ1) is 13.8. The van der Waals surface area contributed by atoms with E-state index in [9.17, 15) is 9.59 Å². The maximum atomic E-state index is 12.8. The summed E-state index contributed by atoms with van der Waals surface area (Å²) in [6.07, 6.45) is 0. The molecule has 1 unspecified atom stereocenters. The number of aryl methyl sites for hydroxylation is 2. The average molecular weight is 431 g/mol. The highest BCUT2D eigenvalue weighted by atomic mass is 35.5. The lowest BCUT2D eigenvalue weighted by atomic mass is 10.0. The van der Waals surface area contributed by atoms with Crippen LogP contribution in [0.5, 0.6) is 5.75 Å². The molecule has 1 aromatic heterocycles. The van der Waals surface area contributed by atoms with E-state index in [0.29, 0.717) is 17.5 Å². The predicted molar refractivity (Wildman–Crippen MR) is 121 cm³/mol. The van der Waals surface area contributed by atoms with Crippen LogP contribution in [0.1, 0.15) is 33.3 Å². The van der Waals surface area contributed by atoms with Gasteiger partial charge in [-0.15, -0.1) is 12.4 Å². The third kappa shape index (κ3) is 4.66. The van der Waals surface area contributed by atoms with Crippen molar-refractivity contribution in [3.63, 3.8) is 0 Å². The quantitative estimate of drug-likeness (QED) is 0.642. The van der Waals surface area contributed by atoms with E-state index < -0.39 is 5.91 Å². The SMILES string of the molecule is COc1ccccc1C(CNC(=O)c1cc(=O)c2ccc(C)c(C)c2o1)N(C)C.Cl. The highest BCUT2D eigenvalue weighted by Gasteiger charge is 2.21. The zero-order valence-corrected chi connectivity index (χ0v) is 18.6. The second-order valence-corrected chi connectivity index (χ2v) is 7.29. The minimum absolute atomic E-state index is 0. The number of methoxy groups -OCH3 is 1. The van der Waals surface area contributed by atoms with Crippen molar-refractivity contribution >= 4 is 29.3 Å². The van der Waals surface area contributed by atoms with Crippen LogP contribution in [0.15, 0.2) is 51.7 Å². The lowest BCUT2D eigenvalue weighted by molar-refractivity contribution is 0.0914. The lowest BCUT2D eigenvalue weighted by Crippen LogP contribution is -2.35. The van der Waals surface area contributed by atoms with Crippen molar-refractivity contribution in [2.45, 2.75) is 19.9 Å². The number of nitrogens with one attached hydrogen (secondary N) is 1. The summed E-state index contributed by atoms with van der Waals surface area (Å²) in [4.78, 5) is 27.2.